The molecule has 0 aliphatic carbocycles. The lowest BCUT2D eigenvalue weighted by Gasteiger charge is -2.28. The maximum absolute atomic E-state index is 12.4. The van der Waals surface area contributed by atoms with Crippen LogP contribution >= 0.6 is 23.4 Å². The smallest absolute Gasteiger partial charge is 0.234 e. The fourth-order valence-corrected chi connectivity index (χ4v) is 4.24. The van der Waals surface area contributed by atoms with Crippen LogP contribution in [0.1, 0.15) is 12.8 Å². The Morgan fingerprint density at radius 2 is 2.17 bits per heavy atom. The van der Waals surface area contributed by atoms with Crippen molar-refractivity contribution in [3.8, 4) is 0 Å². The number of anilines is 2. The molecule has 11 heteroatoms. The highest BCUT2D eigenvalue weighted by Gasteiger charge is 2.25. The molecule has 0 unspecified atom stereocenters. The van der Waals surface area contributed by atoms with Crippen LogP contribution in [0.4, 0.5) is 11.6 Å². The SMILES string of the molecule is O=C(CSc1nnc(N2CCOCC2)n1C[C@H]1CCCO1)Nc1cccnc1Cl. The van der Waals surface area contributed by atoms with Gasteiger partial charge in [-0.3, -0.25) is 9.36 Å². The third-order valence-corrected chi connectivity index (χ3v) is 6.03. The second-order valence-corrected chi connectivity index (χ2v) is 8.11. The minimum Gasteiger partial charge on any atom is -0.378 e. The second kappa shape index (κ2) is 9.75. The number of aromatic nitrogens is 4. The van der Waals surface area contributed by atoms with Crippen molar-refractivity contribution >= 4 is 40.9 Å². The van der Waals surface area contributed by atoms with Gasteiger partial charge in [-0.25, -0.2) is 4.98 Å². The standard InChI is InChI=1S/C18H23ClN6O3S/c19-16-14(4-1-5-20-16)21-15(26)12-29-18-23-22-17(24-6-9-27-10-7-24)25(18)11-13-3-2-8-28-13/h1,4-5,13H,2-3,6-12H2,(H,21,26)/t13-/m1/s1. The average Bonchev–Trinajstić information content (AvgIpc) is 3.39. The van der Waals surface area contributed by atoms with Crippen LogP contribution in [0.3, 0.4) is 0 Å². The van der Waals surface area contributed by atoms with E-state index in [1.54, 1.807) is 18.3 Å². The topological polar surface area (TPSA) is 94.4 Å². The molecule has 4 rings (SSSR count). The molecule has 0 bridgehead atoms. The number of hydrogen-bond donors (Lipinski definition) is 1. The van der Waals surface area contributed by atoms with Crippen molar-refractivity contribution in [3.63, 3.8) is 0 Å². The monoisotopic (exact) mass is 438 g/mol. The fourth-order valence-electron chi connectivity index (χ4n) is 3.33. The summed E-state index contributed by atoms with van der Waals surface area (Å²) in [5.74, 6) is 0.823. The zero-order chi connectivity index (χ0) is 20.1. The molecule has 2 aliphatic rings. The Morgan fingerprint density at radius 3 is 2.93 bits per heavy atom. The Hall–Kier alpha value is -1.88. The molecule has 0 radical (unpaired) electrons. The Labute approximate surface area is 178 Å². The zero-order valence-corrected chi connectivity index (χ0v) is 17.5. The van der Waals surface area contributed by atoms with Crippen LogP contribution in [-0.2, 0) is 20.8 Å². The number of rotatable bonds is 7. The fraction of sp³-hybridized carbons (Fsp3) is 0.556. The highest BCUT2D eigenvalue weighted by Crippen LogP contribution is 2.26. The van der Waals surface area contributed by atoms with Gasteiger partial charge in [0.05, 0.1) is 37.3 Å². The number of carbonyl (C=O) groups excluding carboxylic acids is 1. The molecule has 0 spiro atoms. The quantitative estimate of drug-likeness (QED) is 0.518. The minimum atomic E-state index is -0.176. The lowest BCUT2D eigenvalue weighted by molar-refractivity contribution is -0.113. The highest BCUT2D eigenvalue weighted by atomic mass is 35.5. The van der Waals surface area contributed by atoms with Gasteiger partial charge in [0.15, 0.2) is 10.3 Å². The number of nitrogens with one attached hydrogen (secondary N) is 1. The molecule has 9 nitrogen and oxygen atoms in total. The Morgan fingerprint density at radius 1 is 1.31 bits per heavy atom. The summed E-state index contributed by atoms with van der Waals surface area (Å²) < 4.78 is 13.3. The lowest BCUT2D eigenvalue weighted by atomic mass is 10.2. The van der Waals surface area contributed by atoms with Crippen LogP contribution in [-0.4, -0.2) is 70.4 Å². The van der Waals surface area contributed by atoms with Gasteiger partial charge in [0.25, 0.3) is 0 Å². The van der Waals surface area contributed by atoms with Crippen LogP contribution in [0.5, 0.6) is 0 Å². The number of carbonyl (C=O) groups is 1. The van der Waals surface area contributed by atoms with Crippen molar-refractivity contribution in [2.75, 3.05) is 48.9 Å². The summed E-state index contributed by atoms with van der Waals surface area (Å²) in [5.41, 5.74) is 0.495. The van der Waals surface area contributed by atoms with Crippen molar-refractivity contribution in [1.29, 1.82) is 0 Å². The largest absolute Gasteiger partial charge is 0.378 e. The van der Waals surface area contributed by atoms with E-state index in [1.807, 2.05) is 0 Å². The number of nitrogens with zero attached hydrogens (tertiary/aromatic N) is 5. The third-order valence-electron chi connectivity index (χ3n) is 4.77. The van der Waals surface area contributed by atoms with E-state index in [9.17, 15) is 4.79 Å². The molecule has 2 aromatic heterocycles. The van der Waals surface area contributed by atoms with E-state index in [4.69, 9.17) is 21.1 Å². The van der Waals surface area contributed by atoms with Gasteiger partial charge >= 0.3 is 0 Å². The van der Waals surface area contributed by atoms with E-state index in [0.29, 0.717) is 30.6 Å². The van der Waals surface area contributed by atoms with Gasteiger partial charge in [-0.1, -0.05) is 23.4 Å². The number of amides is 1. The van der Waals surface area contributed by atoms with Gasteiger partial charge in [0.2, 0.25) is 11.9 Å². The normalized spacial score (nSPS) is 19.5. The summed E-state index contributed by atoms with van der Waals surface area (Å²) in [4.78, 5) is 18.5. The van der Waals surface area contributed by atoms with Crippen molar-refractivity contribution in [1.82, 2.24) is 19.7 Å². The Balaban J connectivity index is 1.44. The van der Waals surface area contributed by atoms with Crippen molar-refractivity contribution < 1.29 is 14.3 Å². The van der Waals surface area contributed by atoms with E-state index in [2.05, 4.69) is 30.0 Å². The number of pyridine rings is 1. The van der Waals surface area contributed by atoms with Crippen molar-refractivity contribution in [3.05, 3.63) is 23.5 Å². The van der Waals surface area contributed by atoms with Crippen LogP contribution in [0.25, 0.3) is 0 Å². The van der Waals surface area contributed by atoms with Gasteiger partial charge in [0.1, 0.15) is 0 Å². The summed E-state index contributed by atoms with van der Waals surface area (Å²) in [6, 6.07) is 3.44. The summed E-state index contributed by atoms with van der Waals surface area (Å²) in [7, 11) is 0. The third kappa shape index (κ3) is 5.19. The van der Waals surface area contributed by atoms with Crippen molar-refractivity contribution in [2.24, 2.45) is 0 Å². The lowest BCUT2D eigenvalue weighted by Crippen LogP contribution is -2.38. The Kier molecular flexibility index (Phi) is 6.86. The molecule has 1 amide bonds. The highest BCUT2D eigenvalue weighted by molar-refractivity contribution is 7.99. The van der Waals surface area contributed by atoms with Gasteiger partial charge in [-0.05, 0) is 25.0 Å². The maximum Gasteiger partial charge on any atom is 0.234 e. The molecule has 2 saturated heterocycles. The molecule has 4 heterocycles. The maximum atomic E-state index is 12.4. The number of thioether (sulfide) groups is 1. The molecular weight excluding hydrogens is 416 g/mol. The first-order chi connectivity index (χ1) is 14.2. The molecule has 2 aromatic rings. The van der Waals surface area contributed by atoms with Crippen LogP contribution in [0.15, 0.2) is 23.5 Å². The number of morpholine rings is 1. The predicted molar refractivity (Wildman–Crippen MR) is 111 cm³/mol. The summed E-state index contributed by atoms with van der Waals surface area (Å²) in [6.07, 6.45) is 3.81. The van der Waals surface area contributed by atoms with Crippen LogP contribution < -0.4 is 10.2 Å². The van der Waals surface area contributed by atoms with E-state index >= 15 is 0 Å². The molecule has 2 fully saturated rings. The van der Waals surface area contributed by atoms with Gasteiger partial charge in [0, 0.05) is 25.9 Å². The average molecular weight is 439 g/mol. The van der Waals surface area contributed by atoms with E-state index in [-0.39, 0.29) is 22.9 Å². The minimum absolute atomic E-state index is 0.146. The molecule has 2 aliphatic heterocycles. The molecule has 0 saturated carbocycles. The van der Waals surface area contributed by atoms with Crippen LogP contribution in [0.2, 0.25) is 5.15 Å². The first kappa shape index (κ1) is 20.4. The van der Waals surface area contributed by atoms with Gasteiger partial charge < -0.3 is 19.7 Å². The molecule has 1 N–H and O–H groups in total. The van der Waals surface area contributed by atoms with Gasteiger partial charge in [-0.15, -0.1) is 10.2 Å². The van der Waals surface area contributed by atoms with E-state index in [0.717, 1.165) is 38.5 Å². The molecule has 156 valence electrons. The van der Waals surface area contributed by atoms with Crippen LogP contribution in [0, 0.1) is 0 Å². The number of halogens is 1. The van der Waals surface area contributed by atoms with E-state index < -0.39 is 0 Å². The first-order valence-electron chi connectivity index (χ1n) is 9.61. The molecule has 0 aromatic carbocycles. The molecule has 29 heavy (non-hydrogen) atoms. The first-order valence-corrected chi connectivity index (χ1v) is 11.0. The van der Waals surface area contributed by atoms with Crippen molar-refractivity contribution in [2.45, 2.75) is 30.6 Å². The predicted octanol–water partition coefficient (Wildman–Crippen LogP) is 2.07. The Bertz CT molecular complexity index is 839. The van der Waals surface area contributed by atoms with E-state index in [1.165, 1.54) is 11.8 Å². The second-order valence-electron chi connectivity index (χ2n) is 6.81. The number of hydrogen-bond acceptors (Lipinski definition) is 8. The molecular formula is C18H23ClN6O3S. The molecule has 1 atom stereocenters. The summed E-state index contributed by atoms with van der Waals surface area (Å²) >= 11 is 7.36. The summed E-state index contributed by atoms with van der Waals surface area (Å²) in [5, 5.41) is 12.5. The number of ether oxygens (including phenoxy) is 2. The zero-order valence-electron chi connectivity index (χ0n) is 15.9. The summed E-state index contributed by atoms with van der Waals surface area (Å²) in [6.45, 7) is 4.35. The van der Waals surface area contributed by atoms with Gasteiger partial charge in [-0.2, -0.15) is 0 Å².